The van der Waals surface area contributed by atoms with Crippen LogP contribution in [0.1, 0.15) is 43.7 Å². The van der Waals surface area contributed by atoms with Crippen molar-refractivity contribution in [2.45, 2.75) is 51.0 Å². The SMILES string of the molecule is CC1CCCC(CO)(NC(=O)C2Cc3ccccc3C2)C1. The molecule has 1 fully saturated rings. The van der Waals surface area contributed by atoms with Crippen LogP contribution in [0.15, 0.2) is 24.3 Å². The Morgan fingerprint density at radius 1 is 1.33 bits per heavy atom. The summed E-state index contributed by atoms with van der Waals surface area (Å²) in [5, 5.41) is 13.0. The number of nitrogens with one attached hydrogen (secondary N) is 1. The van der Waals surface area contributed by atoms with E-state index in [9.17, 15) is 9.90 Å². The molecule has 0 bridgehead atoms. The lowest BCUT2D eigenvalue weighted by molar-refractivity contribution is -0.128. The van der Waals surface area contributed by atoms with Gasteiger partial charge in [0.2, 0.25) is 5.91 Å². The zero-order chi connectivity index (χ0) is 14.9. The maximum atomic E-state index is 12.6. The molecule has 3 heteroatoms. The average Bonchev–Trinajstić information content (AvgIpc) is 2.91. The number of carbonyl (C=O) groups excluding carboxylic acids is 1. The van der Waals surface area contributed by atoms with Gasteiger partial charge >= 0.3 is 0 Å². The molecule has 2 atom stereocenters. The van der Waals surface area contributed by atoms with Gasteiger partial charge in [0.15, 0.2) is 0 Å². The number of amides is 1. The first-order valence-corrected chi connectivity index (χ1v) is 8.11. The third-order valence-corrected chi connectivity index (χ3v) is 5.20. The van der Waals surface area contributed by atoms with Gasteiger partial charge in [0.1, 0.15) is 0 Å². The third kappa shape index (κ3) is 2.98. The summed E-state index contributed by atoms with van der Waals surface area (Å²) >= 11 is 0. The van der Waals surface area contributed by atoms with Crippen molar-refractivity contribution in [3.8, 4) is 0 Å². The second-order valence-electron chi connectivity index (χ2n) is 7.00. The second kappa shape index (κ2) is 5.80. The highest BCUT2D eigenvalue weighted by atomic mass is 16.3. The molecule has 0 spiro atoms. The molecule has 114 valence electrons. The van der Waals surface area contributed by atoms with Gasteiger partial charge in [0, 0.05) is 5.92 Å². The Hall–Kier alpha value is -1.35. The summed E-state index contributed by atoms with van der Waals surface area (Å²) in [6.45, 7) is 2.27. The van der Waals surface area contributed by atoms with Crippen LogP contribution in [-0.4, -0.2) is 23.2 Å². The van der Waals surface area contributed by atoms with Crippen LogP contribution in [0.25, 0.3) is 0 Å². The summed E-state index contributed by atoms with van der Waals surface area (Å²) < 4.78 is 0. The fourth-order valence-corrected chi connectivity index (χ4v) is 4.06. The molecular weight excluding hydrogens is 262 g/mol. The van der Waals surface area contributed by atoms with Gasteiger partial charge in [-0.3, -0.25) is 4.79 Å². The number of fused-ring (bicyclic) bond motifs is 1. The maximum absolute atomic E-state index is 12.6. The Morgan fingerprint density at radius 3 is 2.57 bits per heavy atom. The number of aliphatic hydroxyl groups is 1. The highest BCUT2D eigenvalue weighted by Crippen LogP contribution is 2.33. The smallest absolute Gasteiger partial charge is 0.224 e. The van der Waals surface area contributed by atoms with E-state index in [0.29, 0.717) is 5.92 Å². The van der Waals surface area contributed by atoms with Crippen LogP contribution in [0.3, 0.4) is 0 Å². The molecule has 1 aromatic carbocycles. The molecule has 0 heterocycles. The van der Waals surface area contributed by atoms with Crippen molar-refractivity contribution >= 4 is 5.91 Å². The summed E-state index contributed by atoms with van der Waals surface area (Å²) in [5.41, 5.74) is 2.21. The van der Waals surface area contributed by atoms with Gasteiger partial charge < -0.3 is 10.4 Å². The molecule has 2 aliphatic rings. The van der Waals surface area contributed by atoms with Crippen LogP contribution < -0.4 is 5.32 Å². The van der Waals surface area contributed by atoms with Gasteiger partial charge in [0.25, 0.3) is 0 Å². The fourth-order valence-electron chi connectivity index (χ4n) is 4.06. The van der Waals surface area contributed by atoms with Crippen LogP contribution in [0, 0.1) is 11.8 Å². The lowest BCUT2D eigenvalue weighted by atomic mass is 9.76. The summed E-state index contributed by atoms with van der Waals surface area (Å²) in [6, 6.07) is 8.31. The van der Waals surface area contributed by atoms with Gasteiger partial charge in [-0.1, -0.05) is 44.0 Å². The van der Waals surface area contributed by atoms with Crippen molar-refractivity contribution in [3.05, 3.63) is 35.4 Å². The summed E-state index contributed by atoms with van der Waals surface area (Å²) in [7, 11) is 0. The predicted octanol–water partition coefficient (Wildman–Crippen LogP) is 2.46. The lowest BCUT2D eigenvalue weighted by Gasteiger charge is -2.40. The van der Waals surface area contributed by atoms with E-state index < -0.39 is 0 Å². The molecule has 2 N–H and O–H groups in total. The number of hydrogen-bond donors (Lipinski definition) is 2. The van der Waals surface area contributed by atoms with E-state index in [2.05, 4.69) is 24.4 Å². The number of hydrogen-bond acceptors (Lipinski definition) is 2. The van der Waals surface area contributed by atoms with Crippen LogP contribution in [0.4, 0.5) is 0 Å². The minimum Gasteiger partial charge on any atom is -0.394 e. The highest BCUT2D eigenvalue weighted by Gasteiger charge is 2.38. The van der Waals surface area contributed by atoms with E-state index in [1.807, 2.05) is 12.1 Å². The lowest BCUT2D eigenvalue weighted by Crippen LogP contribution is -2.55. The number of benzene rings is 1. The van der Waals surface area contributed by atoms with Crippen molar-refractivity contribution < 1.29 is 9.90 Å². The van der Waals surface area contributed by atoms with Gasteiger partial charge in [-0.25, -0.2) is 0 Å². The van der Waals surface area contributed by atoms with Crippen molar-refractivity contribution in [2.75, 3.05) is 6.61 Å². The van der Waals surface area contributed by atoms with Crippen LogP contribution in [0.5, 0.6) is 0 Å². The van der Waals surface area contributed by atoms with E-state index in [4.69, 9.17) is 0 Å². The average molecular weight is 287 g/mol. The molecule has 2 unspecified atom stereocenters. The molecule has 0 radical (unpaired) electrons. The fraction of sp³-hybridized carbons (Fsp3) is 0.611. The highest BCUT2D eigenvalue weighted by molar-refractivity contribution is 5.81. The van der Waals surface area contributed by atoms with E-state index in [1.54, 1.807) is 0 Å². The van der Waals surface area contributed by atoms with E-state index in [0.717, 1.165) is 32.1 Å². The van der Waals surface area contributed by atoms with Gasteiger partial charge in [0.05, 0.1) is 12.1 Å². The Kier molecular flexibility index (Phi) is 4.03. The molecular formula is C18H25NO2. The monoisotopic (exact) mass is 287 g/mol. The van der Waals surface area contributed by atoms with Gasteiger partial charge in [-0.15, -0.1) is 0 Å². The quantitative estimate of drug-likeness (QED) is 0.897. The Balaban J connectivity index is 1.67. The predicted molar refractivity (Wildman–Crippen MR) is 82.9 cm³/mol. The first-order valence-electron chi connectivity index (χ1n) is 8.11. The number of rotatable bonds is 3. The van der Waals surface area contributed by atoms with E-state index in [-0.39, 0.29) is 24.0 Å². The topological polar surface area (TPSA) is 49.3 Å². The standard InChI is InChI=1S/C18H25NO2/c1-13-5-4-8-18(11-13,12-20)19-17(21)16-9-14-6-2-3-7-15(14)10-16/h2-3,6-7,13,16,20H,4-5,8-12H2,1H3,(H,19,21). The molecule has 0 aromatic heterocycles. The Labute approximate surface area is 126 Å². The Bertz CT molecular complexity index is 503. The first kappa shape index (κ1) is 14.6. The molecule has 3 nitrogen and oxygen atoms in total. The third-order valence-electron chi connectivity index (χ3n) is 5.20. The molecule has 3 rings (SSSR count). The normalized spacial score (nSPS) is 29.1. The minimum atomic E-state index is -0.385. The summed E-state index contributed by atoms with van der Waals surface area (Å²) in [5.74, 6) is 0.726. The molecule has 21 heavy (non-hydrogen) atoms. The Morgan fingerprint density at radius 2 is 2.00 bits per heavy atom. The van der Waals surface area contributed by atoms with E-state index in [1.165, 1.54) is 17.5 Å². The van der Waals surface area contributed by atoms with E-state index >= 15 is 0 Å². The van der Waals surface area contributed by atoms with Gasteiger partial charge in [-0.05, 0) is 42.7 Å². The molecule has 0 saturated heterocycles. The number of aliphatic hydroxyl groups excluding tert-OH is 1. The summed E-state index contributed by atoms with van der Waals surface area (Å²) in [6.07, 6.45) is 5.76. The van der Waals surface area contributed by atoms with Crippen molar-refractivity contribution in [2.24, 2.45) is 11.8 Å². The van der Waals surface area contributed by atoms with Crippen molar-refractivity contribution in [3.63, 3.8) is 0 Å². The second-order valence-corrected chi connectivity index (χ2v) is 7.00. The van der Waals surface area contributed by atoms with Gasteiger partial charge in [-0.2, -0.15) is 0 Å². The maximum Gasteiger partial charge on any atom is 0.224 e. The van der Waals surface area contributed by atoms with Crippen LogP contribution in [-0.2, 0) is 17.6 Å². The first-order chi connectivity index (χ1) is 10.1. The minimum absolute atomic E-state index is 0.0306. The summed E-state index contributed by atoms with van der Waals surface area (Å²) in [4.78, 5) is 12.6. The molecule has 1 saturated carbocycles. The number of carbonyl (C=O) groups is 1. The van der Waals surface area contributed by atoms with Crippen molar-refractivity contribution in [1.82, 2.24) is 5.32 Å². The zero-order valence-corrected chi connectivity index (χ0v) is 12.8. The molecule has 1 aromatic rings. The molecule has 0 aliphatic heterocycles. The van der Waals surface area contributed by atoms with Crippen LogP contribution in [0.2, 0.25) is 0 Å². The molecule has 1 amide bonds. The largest absolute Gasteiger partial charge is 0.394 e. The van der Waals surface area contributed by atoms with Crippen LogP contribution >= 0.6 is 0 Å². The zero-order valence-electron chi connectivity index (χ0n) is 12.8. The molecule has 2 aliphatic carbocycles. The van der Waals surface area contributed by atoms with Crippen molar-refractivity contribution in [1.29, 1.82) is 0 Å².